The minimum atomic E-state index is -0.292. The summed E-state index contributed by atoms with van der Waals surface area (Å²) in [4.78, 5) is 30.1. The highest BCUT2D eigenvalue weighted by molar-refractivity contribution is 9.10. The number of rotatable bonds is 10. The zero-order chi connectivity index (χ0) is 27.1. The number of hydrogen-bond donors (Lipinski definition) is 1. The molecule has 0 saturated heterocycles. The number of nitrogens with zero attached hydrogens (tertiary/aromatic N) is 3. The number of halogens is 1. The Morgan fingerprint density at radius 3 is 2.68 bits per heavy atom. The number of aromatic nitrogens is 2. The van der Waals surface area contributed by atoms with E-state index in [0.29, 0.717) is 52.5 Å². The second kappa shape index (κ2) is 12.3. The normalized spacial score (nSPS) is 11.0. The first-order valence-corrected chi connectivity index (χ1v) is 12.8. The van der Waals surface area contributed by atoms with Gasteiger partial charge in [-0.15, -0.1) is 6.58 Å². The van der Waals surface area contributed by atoms with Crippen LogP contribution < -0.4 is 20.3 Å². The third-order valence-corrected chi connectivity index (χ3v) is 6.01. The van der Waals surface area contributed by atoms with Crippen molar-refractivity contribution in [1.29, 1.82) is 0 Å². The van der Waals surface area contributed by atoms with Crippen molar-refractivity contribution in [2.75, 3.05) is 18.5 Å². The number of allylic oxidation sites excluding steroid dienone is 1. The number of amides is 1. The van der Waals surface area contributed by atoms with E-state index in [0.717, 1.165) is 10.0 Å². The first kappa shape index (κ1) is 26.8. The van der Waals surface area contributed by atoms with Crippen LogP contribution in [-0.2, 0) is 11.2 Å². The van der Waals surface area contributed by atoms with Crippen molar-refractivity contribution in [2.24, 2.45) is 5.10 Å². The summed E-state index contributed by atoms with van der Waals surface area (Å²) < 4.78 is 13.8. The average molecular weight is 575 g/mol. The molecule has 4 rings (SSSR count). The molecule has 3 aromatic carbocycles. The van der Waals surface area contributed by atoms with Crippen molar-refractivity contribution in [2.45, 2.75) is 20.3 Å². The van der Waals surface area contributed by atoms with Gasteiger partial charge in [-0.2, -0.15) is 9.78 Å². The van der Waals surface area contributed by atoms with Gasteiger partial charge in [0.1, 0.15) is 5.82 Å². The molecule has 1 N–H and O–H groups in total. The highest BCUT2D eigenvalue weighted by atomic mass is 79.9. The third-order valence-electron chi connectivity index (χ3n) is 5.52. The van der Waals surface area contributed by atoms with Gasteiger partial charge >= 0.3 is 0 Å². The van der Waals surface area contributed by atoms with Crippen molar-refractivity contribution in [3.05, 3.63) is 105 Å². The number of hydrogen-bond acceptors (Lipinski definition) is 6. The Balaban J connectivity index is 1.64. The Morgan fingerprint density at radius 2 is 1.95 bits per heavy atom. The Bertz CT molecular complexity index is 1560. The van der Waals surface area contributed by atoms with Crippen molar-refractivity contribution < 1.29 is 14.3 Å². The molecule has 0 bridgehead atoms. The summed E-state index contributed by atoms with van der Waals surface area (Å²) in [5.74, 6) is 1.09. The summed E-state index contributed by atoms with van der Waals surface area (Å²) in [7, 11) is 0. The number of ether oxygens (including phenoxy) is 2. The van der Waals surface area contributed by atoms with Crippen molar-refractivity contribution in [3.8, 4) is 11.5 Å². The summed E-state index contributed by atoms with van der Waals surface area (Å²) in [6.45, 7) is 7.63. The van der Waals surface area contributed by atoms with E-state index in [1.807, 2.05) is 37.3 Å². The maximum absolute atomic E-state index is 13.1. The topological polar surface area (TPSA) is 94.8 Å². The van der Waals surface area contributed by atoms with Gasteiger partial charge in [0.05, 0.1) is 23.7 Å². The molecule has 4 aromatic rings. The van der Waals surface area contributed by atoms with Gasteiger partial charge in [0.2, 0.25) is 0 Å². The molecule has 8 nitrogen and oxygen atoms in total. The second-order valence-electron chi connectivity index (χ2n) is 8.32. The third kappa shape index (κ3) is 6.36. The van der Waals surface area contributed by atoms with Crippen LogP contribution in [0.4, 0.5) is 5.69 Å². The van der Waals surface area contributed by atoms with E-state index in [4.69, 9.17) is 9.47 Å². The minimum absolute atomic E-state index is 0.195. The standard InChI is InChI=1S/C29H27BrN4O4/c1-4-9-21-14-20(17-31-34-19(3)32-25-13-12-22(30)16-24(25)29(34)36)15-26(37-5-2)28(21)38-18-27(35)33-23-10-7-6-8-11-23/h4,6-8,10-17H,1,5,9,18H2,2-3H3,(H,33,35). The lowest BCUT2D eigenvalue weighted by molar-refractivity contribution is -0.118. The van der Waals surface area contributed by atoms with Crippen LogP contribution in [0.15, 0.2) is 87.7 Å². The molecule has 9 heteroatoms. The summed E-state index contributed by atoms with van der Waals surface area (Å²) >= 11 is 3.40. The van der Waals surface area contributed by atoms with Crippen LogP contribution in [0.5, 0.6) is 11.5 Å². The first-order chi connectivity index (χ1) is 18.4. The molecular formula is C29H27BrN4O4. The van der Waals surface area contributed by atoms with E-state index in [1.54, 1.807) is 49.5 Å². The number of fused-ring (bicyclic) bond motifs is 1. The van der Waals surface area contributed by atoms with Crippen LogP contribution >= 0.6 is 15.9 Å². The highest BCUT2D eigenvalue weighted by Gasteiger charge is 2.15. The van der Waals surface area contributed by atoms with Crippen LogP contribution in [0.2, 0.25) is 0 Å². The van der Waals surface area contributed by atoms with Crippen LogP contribution in [-0.4, -0.2) is 35.0 Å². The average Bonchev–Trinajstić information content (AvgIpc) is 2.89. The van der Waals surface area contributed by atoms with Crippen molar-refractivity contribution >= 4 is 44.6 Å². The smallest absolute Gasteiger partial charge is 0.282 e. The monoisotopic (exact) mass is 574 g/mol. The van der Waals surface area contributed by atoms with E-state index >= 15 is 0 Å². The summed E-state index contributed by atoms with van der Waals surface area (Å²) in [5, 5.41) is 7.69. The lowest BCUT2D eigenvalue weighted by atomic mass is 10.1. The molecule has 0 aliphatic rings. The number of nitrogens with one attached hydrogen (secondary N) is 1. The van der Waals surface area contributed by atoms with Crippen LogP contribution in [0, 0.1) is 6.92 Å². The zero-order valence-corrected chi connectivity index (χ0v) is 22.7. The Labute approximate surface area is 228 Å². The van der Waals surface area contributed by atoms with E-state index in [2.05, 4.69) is 37.9 Å². The Hall–Kier alpha value is -4.24. The number of benzene rings is 3. The number of anilines is 1. The van der Waals surface area contributed by atoms with Gasteiger partial charge in [-0.25, -0.2) is 4.98 Å². The molecule has 1 amide bonds. The molecular weight excluding hydrogens is 548 g/mol. The maximum Gasteiger partial charge on any atom is 0.282 e. The van der Waals surface area contributed by atoms with Gasteiger partial charge in [0.15, 0.2) is 18.1 Å². The van der Waals surface area contributed by atoms with E-state index in [1.165, 1.54) is 4.68 Å². The molecule has 0 fully saturated rings. The van der Waals surface area contributed by atoms with Crippen molar-refractivity contribution in [3.63, 3.8) is 0 Å². The fraction of sp³-hybridized carbons (Fsp3) is 0.172. The fourth-order valence-electron chi connectivity index (χ4n) is 3.87. The largest absolute Gasteiger partial charge is 0.490 e. The Kier molecular flexibility index (Phi) is 8.70. The number of carbonyl (C=O) groups excluding carboxylic acids is 1. The van der Waals surface area contributed by atoms with E-state index < -0.39 is 0 Å². The van der Waals surface area contributed by atoms with Gasteiger partial charge in [0, 0.05) is 15.7 Å². The zero-order valence-electron chi connectivity index (χ0n) is 21.1. The predicted octanol–water partition coefficient (Wildman–Crippen LogP) is 5.49. The molecule has 1 aromatic heterocycles. The van der Waals surface area contributed by atoms with Crippen molar-refractivity contribution in [1.82, 2.24) is 9.66 Å². The van der Waals surface area contributed by atoms with Gasteiger partial charge in [0.25, 0.3) is 11.5 Å². The van der Waals surface area contributed by atoms with E-state index in [-0.39, 0.29) is 18.1 Å². The molecule has 1 heterocycles. The van der Waals surface area contributed by atoms with Gasteiger partial charge < -0.3 is 14.8 Å². The summed E-state index contributed by atoms with van der Waals surface area (Å²) in [6, 6.07) is 18.1. The molecule has 0 aliphatic heterocycles. The molecule has 0 atom stereocenters. The lowest BCUT2D eigenvalue weighted by Crippen LogP contribution is -2.21. The van der Waals surface area contributed by atoms with Crippen LogP contribution in [0.1, 0.15) is 23.9 Å². The second-order valence-corrected chi connectivity index (χ2v) is 9.23. The molecule has 0 radical (unpaired) electrons. The molecule has 0 spiro atoms. The number of carbonyl (C=O) groups is 1. The Morgan fingerprint density at radius 1 is 1.16 bits per heavy atom. The highest BCUT2D eigenvalue weighted by Crippen LogP contribution is 2.33. The molecule has 194 valence electrons. The molecule has 0 unspecified atom stereocenters. The van der Waals surface area contributed by atoms with E-state index in [9.17, 15) is 9.59 Å². The summed E-state index contributed by atoms with van der Waals surface area (Å²) in [5.41, 5.74) is 2.47. The predicted molar refractivity (Wildman–Crippen MR) is 154 cm³/mol. The number of para-hydroxylation sites is 1. The quantitative estimate of drug-likeness (QED) is 0.199. The molecule has 38 heavy (non-hydrogen) atoms. The maximum atomic E-state index is 13.1. The van der Waals surface area contributed by atoms with Gasteiger partial charge in [-0.05, 0) is 68.3 Å². The minimum Gasteiger partial charge on any atom is -0.490 e. The van der Waals surface area contributed by atoms with Gasteiger partial charge in [-0.3, -0.25) is 9.59 Å². The van der Waals surface area contributed by atoms with Crippen LogP contribution in [0.3, 0.4) is 0 Å². The molecule has 0 aliphatic carbocycles. The summed E-state index contributed by atoms with van der Waals surface area (Å²) in [6.07, 6.45) is 3.78. The SMILES string of the molecule is C=CCc1cc(C=Nn2c(C)nc3ccc(Br)cc3c2=O)cc(OCC)c1OCC(=O)Nc1ccccc1. The van der Waals surface area contributed by atoms with Crippen LogP contribution in [0.25, 0.3) is 10.9 Å². The van der Waals surface area contributed by atoms with Gasteiger partial charge in [-0.1, -0.05) is 40.2 Å². The fourth-order valence-corrected chi connectivity index (χ4v) is 4.23. The first-order valence-electron chi connectivity index (χ1n) is 12.0. The molecule has 0 saturated carbocycles. The lowest BCUT2D eigenvalue weighted by Gasteiger charge is -2.16. The number of aryl methyl sites for hydroxylation is 1.